The van der Waals surface area contributed by atoms with Crippen LogP contribution in [0.2, 0.25) is 0 Å². The molecule has 91 heavy (non-hydrogen) atoms. The predicted octanol–water partition coefficient (Wildman–Crippen LogP) is 20.9. The van der Waals surface area contributed by atoms with Gasteiger partial charge in [0.05, 0.1) is 26.4 Å². The van der Waals surface area contributed by atoms with Gasteiger partial charge < -0.3 is 33.8 Å². The second-order valence-electron chi connectivity index (χ2n) is 26.5. The molecule has 540 valence electrons. The van der Waals surface area contributed by atoms with Gasteiger partial charge in [0.1, 0.15) is 19.3 Å². The fourth-order valence-corrected chi connectivity index (χ4v) is 12.6. The number of aliphatic hydroxyl groups excluding tert-OH is 1. The van der Waals surface area contributed by atoms with E-state index in [-0.39, 0.29) is 25.7 Å². The number of aliphatic hydroxyl groups is 1. The van der Waals surface area contributed by atoms with Gasteiger partial charge in [0.25, 0.3) is 0 Å². The van der Waals surface area contributed by atoms with Gasteiger partial charge in [-0.15, -0.1) is 0 Å². The Hall–Kier alpha value is -1.94. The van der Waals surface area contributed by atoms with E-state index in [1.165, 1.54) is 193 Å². The van der Waals surface area contributed by atoms with Crippen molar-refractivity contribution in [3.05, 3.63) is 0 Å². The second kappa shape index (κ2) is 65.4. The zero-order valence-electron chi connectivity index (χ0n) is 59.0. The number of ether oxygens (including phenoxy) is 4. The summed E-state index contributed by atoms with van der Waals surface area (Å²) in [4.78, 5) is 72.3. The van der Waals surface area contributed by atoms with E-state index in [0.717, 1.165) is 102 Å². The summed E-state index contributed by atoms with van der Waals surface area (Å²) in [5, 5.41) is 10.6. The lowest BCUT2D eigenvalue weighted by Gasteiger charge is -2.21. The molecule has 2 unspecified atom stereocenters. The fourth-order valence-electron chi connectivity index (χ4n) is 11.0. The highest BCUT2D eigenvalue weighted by Gasteiger charge is 2.30. The van der Waals surface area contributed by atoms with Crippen molar-refractivity contribution in [2.45, 2.75) is 393 Å². The lowest BCUT2D eigenvalue weighted by Crippen LogP contribution is -2.30. The van der Waals surface area contributed by atoms with Crippen molar-refractivity contribution in [2.75, 3.05) is 39.6 Å². The lowest BCUT2D eigenvalue weighted by molar-refractivity contribution is -0.161. The Kier molecular flexibility index (Phi) is 64.0. The molecular weight excluding hydrogens is 1200 g/mol. The van der Waals surface area contributed by atoms with Crippen molar-refractivity contribution >= 4 is 39.5 Å². The highest BCUT2D eigenvalue weighted by molar-refractivity contribution is 7.47. The van der Waals surface area contributed by atoms with Gasteiger partial charge in [0, 0.05) is 25.7 Å². The van der Waals surface area contributed by atoms with Crippen molar-refractivity contribution in [1.82, 2.24) is 0 Å². The molecule has 0 aliphatic rings. The highest BCUT2D eigenvalue weighted by Crippen LogP contribution is 2.45. The zero-order valence-corrected chi connectivity index (χ0v) is 60.8. The predicted molar refractivity (Wildman–Crippen MR) is 368 cm³/mol. The maximum absolute atomic E-state index is 13.0. The van der Waals surface area contributed by atoms with E-state index in [1.54, 1.807) is 0 Å². The quantitative estimate of drug-likeness (QED) is 0.0222. The molecule has 0 bridgehead atoms. The van der Waals surface area contributed by atoms with Crippen LogP contribution < -0.4 is 0 Å². The van der Waals surface area contributed by atoms with Gasteiger partial charge in [-0.25, -0.2) is 9.13 Å². The molecule has 0 rings (SSSR count). The largest absolute Gasteiger partial charge is 0.472 e. The molecule has 3 N–H and O–H groups in total. The monoisotopic (exact) mass is 1340 g/mol. The molecule has 5 atom stereocenters. The Bertz CT molecular complexity index is 1750. The van der Waals surface area contributed by atoms with Crippen molar-refractivity contribution in [3.8, 4) is 0 Å². The maximum Gasteiger partial charge on any atom is 0.472 e. The number of hydrogen-bond acceptors (Lipinski definition) is 15. The average Bonchev–Trinajstić information content (AvgIpc) is 3.05. The molecule has 0 aromatic rings. The Balaban J connectivity index is 5.09. The van der Waals surface area contributed by atoms with Gasteiger partial charge in [-0.2, -0.15) is 0 Å². The van der Waals surface area contributed by atoms with Crippen LogP contribution >= 0.6 is 15.6 Å². The van der Waals surface area contributed by atoms with Crippen LogP contribution in [0.3, 0.4) is 0 Å². The SMILES string of the molecule is CCCCCCCCCCCCCCCCCCCCCCCCC(=O)O[C@H](COC(=O)CCCCCCCCCCCCCC(C)C)COP(=O)(O)OC[C@@H](O)COP(=O)(O)OC[C@@H](COC(=O)CCCCCCC)OC(=O)CCCCCCCCCCCC. The summed E-state index contributed by atoms with van der Waals surface area (Å²) in [7, 11) is -9.89. The van der Waals surface area contributed by atoms with E-state index in [1.807, 2.05) is 0 Å². The molecule has 0 aromatic heterocycles. The minimum absolute atomic E-state index is 0.106. The Morgan fingerprint density at radius 2 is 0.505 bits per heavy atom. The first-order valence-corrected chi connectivity index (χ1v) is 40.6. The van der Waals surface area contributed by atoms with E-state index < -0.39 is 97.5 Å². The first kappa shape index (κ1) is 89.1. The van der Waals surface area contributed by atoms with Crippen LogP contribution in [0.5, 0.6) is 0 Å². The number of rotatable bonds is 72. The molecule has 0 saturated heterocycles. The fraction of sp³-hybridized carbons (Fsp3) is 0.944. The van der Waals surface area contributed by atoms with Gasteiger partial charge in [0.15, 0.2) is 12.2 Å². The maximum atomic E-state index is 13.0. The molecule has 0 fully saturated rings. The van der Waals surface area contributed by atoms with Gasteiger partial charge in [-0.1, -0.05) is 324 Å². The van der Waals surface area contributed by atoms with Gasteiger partial charge in [0.2, 0.25) is 0 Å². The molecule has 0 radical (unpaired) electrons. The normalized spacial score (nSPS) is 14.0. The van der Waals surface area contributed by atoms with E-state index in [0.29, 0.717) is 25.7 Å². The molecule has 0 saturated carbocycles. The molecule has 0 aliphatic heterocycles. The van der Waals surface area contributed by atoms with Crippen LogP contribution in [0.15, 0.2) is 0 Å². The third-order valence-corrected chi connectivity index (χ3v) is 18.7. The molecule has 17 nitrogen and oxygen atoms in total. The summed E-state index contributed by atoms with van der Waals surface area (Å²) >= 11 is 0. The topological polar surface area (TPSA) is 237 Å². The molecule has 0 heterocycles. The van der Waals surface area contributed by atoms with Crippen LogP contribution in [0, 0.1) is 5.92 Å². The van der Waals surface area contributed by atoms with Crippen LogP contribution in [0.4, 0.5) is 0 Å². The minimum Gasteiger partial charge on any atom is -0.462 e. The van der Waals surface area contributed by atoms with Gasteiger partial charge >= 0.3 is 39.5 Å². The Morgan fingerprint density at radius 3 is 0.747 bits per heavy atom. The van der Waals surface area contributed by atoms with Gasteiger partial charge in [-0.05, 0) is 31.6 Å². The zero-order chi connectivity index (χ0) is 67.0. The third-order valence-electron chi connectivity index (χ3n) is 16.8. The molecule has 0 aromatic carbocycles. The van der Waals surface area contributed by atoms with Crippen LogP contribution in [0.25, 0.3) is 0 Å². The number of carbonyl (C=O) groups excluding carboxylic acids is 4. The minimum atomic E-state index is -4.95. The number of phosphoric ester groups is 2. The number of carbonyl (C=O) groups is 4. The number of hydrogen-bond donors (Lipinski definition) is 3. The number of unbranched alkanes of at least 4 members (excludes halogenated alkanes) is 44. The van der Waals surface area contributed by atoms with Gasteiger partial charge in [-0.3, -0.25) is 37.3 Å². The summed E-state index contributed by atoms with van der Waals surface area (Å²) in [6, 6.07) is 0. The van der Waals surface area contributed by atoms with Crippen molar-refractivity contribution in [1.29, 1.82) is 0 Å². The second-order valence-corrected chi connectivity index (χ2v) is 29.4. The summed E-state index contributed by atoms with van der Waals surface area (Å²) in [6.07, 6.45) is 53.3. The van der Waals surface area contributed by atoms with E-state index >= 15 is 0 Å². The average molecular weight is 1340 g/mol. The Morgan fingerprint density at radius 1 is 0.297 bits per heavy atom. The standard InChI is InChI=1S/C72H140O17P2/c1-6-9-12-15-17-19-21-22-23-24-25-26-27-28-29-30-31-34-39-43-48-53-58-72(77)89-68(62-83-70(75)56-51-46-41-38-35-32-33-36-40-45-49-54-65(4)5)64-87-91(80,81)85-60-66(73)59-84-90(78,79)86-63-67(61-82-69(74)55-50-44-14-11-8-3)88-71(76)57-52-47-42-37-20-18-16-13-10-7-2/h65-68,73H,6-64H2,1-5H3,(H,78,79)(H,80,81)/t66-,67+,68+/m0/s1. The van der Waals surface area contributed by atoms with Crippen molar-refractivity contribution in [3.63, 3.8) is 0 Å². The molecule has 19 heteroatoms. The van der Waals surface area contributed by atoms with Crippen LogP contribution in [-0.2, 0) is 65.4 Å². The number of esters is 4. The lowest BCUT2D eigenvalue weighted by atomic mass is 10.0. The molecule has 0 spiro atoms. The first-order chi connectivity index (χ1) is 44.0. The summed E-state index contributed by atoms with van der Waals surface area (Å²) in [6.45, 7) is 7.16. The summed E-state index contributed by atoms with van der Waals surface area (Å²) in [5.74, 6) is -1.36. The first-order valence-electron chi connectivity index (χ1n) is 37.6. The smallest absolute Gasteiger partial charge is 0.462 e. The molecular formula is C72H140O17P2. The summed E-state index contributed by atoms with van der Waals surface area (Å²) < 4.78 is 68.1. The van der Waals surface area contributed by atoms with Crippen LogP contribution in [-0.4, -0.2) is 96.7 Å². The number of phosphoric acid groups is 2. The van der Waals surface area contributed by atoms with Crippen molar-refractivity contribution in [2.24, 2.45) is 5.92 Å². The third kappa shape index (κ3) is 66.5. The summed E-state index contributed by atoms with van der Waals surface area (Å²) in [5.41, 5.74) is 0. The Labute approximate surface area is 556 Å². The molecule has 0 aliphatic carbocycles. The molecule has 0 amide bonds. The van der Waals surface area contributed by atoms with E-state index in [2.05, 4.69) is 34.6 Å². The van der Waals surface area contributed by atoms with Crippen molar-refractivity contribution < 1.29 is 80.2 Å². The van der Waals surface area contributed by atoms with Crippen LogP contribution in [0.1, 0.15) is 375 Å². The highest BCUT2D eigenvalue weighted by atomic mass is 31.2. The van der Waals surface area contributed by atoms with E-state index in [4.69, 9.17) is 37.0 Å². The van der Waals surface area contributed by atoms with E-state index in [9.17, 15) is 43.2 Å².